The molecule has 0 saturated heterocycles. The zero-order valence-corrected chi connectivity index (χ0v) is 14.5. The van der Waals surface area contributed by atoms with Crippen molar-refractivity contribution in [2.75, 3.05) is 5.32 Å². The van der Waals surface area contributed by atoms with Crippen LogP contribution in [0.1, 0.15) is 18.1 Å². The van der Waals surface area contributed by atoms with Gasteiger partial charge in [-0.25, -0.2) is 0 Å². The maximum Gasteiger partial charge on any atom is 0.272 e. The molecule has 4 nitrogen and oxygen atoms in total. The standard InChI is InChI=1S/C18H17BrN2O2/c1-12-10-15(8-9-16(12)19)21-18(23)17(20-13(2)22)11-14-6-4-3-5-7-14/h3-11H,1-2H3,(H,20,22)(H,21,23)/b17-11-. The Morgan fingerprint density at radius 1 is 1.09 bits per heavy atom. The molecular formula is C18H17BrN2O2. The summed E-state index contributed by atoms with van der Waals surface area (Å²) >= 11 is 3.42. The summed E-state index contributed by atoms with van der Waals surface area (Å²) in [5, 5.41) is 5.37. The Bertz CT molecular complexity index is 755. The smallest absolute Gasteiger partial charge is 0.272 e. The Morgan fingerprint density at radius 2 is 1.78 bits per heavy atom. The third-order valence-corrected chi connectivity index (χ3v) is 3.97. The van der Waals surface area contributed by atoms with E-state index in [0.717, 1.165) is 15.6 Å². The number of amides is 2. The molecule has 0 unspecified atom stereocenters. The third-order valence-electron chi connectivity index (χ3n) is 3.08. The summed E-state index contributed by atoms with van der Waals surface area (Å²) in [4.78, 5) is 23.8. The van der Waals surface area contributed by atoms with Gasteiger partial charge in [0.2, 0.25) is 5.91 Å². The van der Waals surface area contributed by atoms with E-state index in [1.165, 1.54) is 6.92 Å². The molecule has 2 N–H and O–H groups in total. The second-order valence-corrected chi connectivity index (χ2v) is 5.92. The van der Waals surface area contributed by atoms with E-state index in [9.17, 15) is 9.59 Å². The average Bonchev–Trinajstić information content (AvgIpc) is 2.51. The van der Waals surface area contributed by atoms with Gasteiger partial charge in [0.25, 0.3) is 5.91 Å². The minimum atomic E-state index is -0.370. The molecule has 0 spiro atoms. The molecule has 0 radical (unpaired) electrons. The lowest BCUT2D eigenvalue weighted by Crippen LogP contribution is -2.28. The van der Waals surface area contributed by atoms with E-state index in [2.05, 4.69) is 26.6 Å². The first-order valence-corrected chi connectivity index (χ1v) is 7.87. The highest BCUT2D eigenvalue weighted by Gasteiger charge is 2.12. The van der Waals surface area contributed by atoms with Gasteiger partial charge in [-0.3, -0.25) is 9.59 Å². The summed E-state index contributed by atoms with van der Waals surface area (Å²) in [6.07, 6.45) is 1.64. The lowest BCUT2D eigenvalue weighted by atomic mass is 10.1. The van der Waals surface area contributed by atoms with Crippen LogP contribution in [0.25, 0.3) is 6.08 Å². The maximum atomic E-state index is 12.4. The summed E-state index contributed by atoms with van der Waals surface area (Å²) in [7, 11) is 0. The van der Waals surface area contributed by atoms with Crippen molar-refractivity contribution >= 4 is 39.5 Å². The molecular weight excluding hydrogens is 356 g/mol. The van der Waals surface area contributed by atoms with Crippen LogP contribution in [-0.2, 0) is 9.59 Å². The Morgan fingerprint density at radius 3 is 2.39 bits per heavy atom. The van der Waals surface area contributed by atoms with E-state index < -0.39 is 0 Å². The summed E-state index contributed by atoms with van der Waals surface area (Å²) in [5.74, 6) is -0.667. The topological polar surface area (TPSA) is 58.2 Å². The SMILES string of the molecule is CC(=O)N/C(=C\c1ccccc1)C(=O)Nc1ccc(Br)c(C)c1. The Kier molecular flexibility index (Phi) is 5.71. The predicted octanol–water partition coefficient (Wildman–Crippen LogP) is 3.87. The third kappa shape index (κ3) is 5.07. The van der Waals surface area contributed by atoms with Crippen molar-refractivity contribution in [2.45, 2.75) is 13.8 Å². The van der Waals surface area contributed by atoms with Crippen LogP contribution in [0.4, 0.5) is 5.69 Å². The summed E-state index contributed by atoms with van der Waals surface area (Å²) in [6.45, 7) is 3.31. The van der Waals surface area contributed by atoms with Crippen molar-refractivity contribution in [1.29, 1.82) is 0 Å². The van der Waals surface area contributed by atoms with E-state index in [0.29, 0.717) is 5.69 Å². The first-order valence-electron chi connectivity index (χ1n) is 7.07. The van der Waals surface area contributed by atoms with Crippen LogP contribution < -0.4 is 10.6 Å². The highest BCUT2D eigenvalue weighted by Crippen LogP contribution is 2.20. The fourth-order valence-corrected chi connectivity index (χ4v) is 2.23. The van der Waals surface area contributed by atoms with Crippen molar-refractivity contribution in [2.24, 2.45) is 0 Å². The molecule has 2 aromatic carbocycles. The number of rotatable bonds is 4. The molecule has 5 heteroatoms. The van der Waals surface area contributed by atoms with Gasteiger partial charge >= 0.3 is 0 Å². The van der Waals surface area contributed by atoms with Gasteiger partial charge in [0, 0.05) is 17.1 Å². The fourth-order valence-electron chi connectivity index (χ4n) is 1.98. The molecule has 0 atom stereocenters. The number of halogens is 1. The van der Waals surface area contributed by atoms with Crippen molar-refractivity contribution < 1.29 is 9.59 Å². The van der Waals surface area contributed by atoms with Crippen LogP contribution in [0.5, 0.6) is 0 Å². The van der Waals surface area contributed by atoms with Crippen molar-refractivity contribution in [3.63, 3.8) is 0 Å². The molecule has 2 rings (SSSR count). The molecule has 2 amide bonds. The van der Waals surface area contributed by atoms with Gasteiger partial charge in [-0.15, -0.1) is 0 Å². The molecule has 0 bridgehead atoms. The minimum Gasteiger partial charge on any atom is -0.322 e. The molecule has 0 aliphatic carbocycles. The Balaban J connectivity index is 2.24. The van der Waals surface area contributed by atoms with E-state index >= 15 is 0 Å². The van der Waals surface area contributed by atoms with Crippen molar-refractivity contribution in [1.82, 2.24) is 5.32 Å². The summed E-state index contributed by atoms with van der Waals surface area (Å²) in [6, 6.07) is 14.9. The summed E-state index contributed by atoms with van der Waals surface area (Å²) < 4.78 is 0.970. The van der Waals surface area contributed by atoms with Gasteiger partial charge in [0.15, 0.2) is 0 Å². The number of carbonyl (C=O) groups excluding carboxylic acids is 2. The molecule has 0 aromatic heterocycles. The lowest BCUT2D eigenvalue weighted by Gasteiger charge is -2.11. The second kappa shape index (κ2) is 7.74. The second-order valence-electron chi connectivity index (χ2n) is 5.07. The van der Waals surface area contributed by atoms with Crippen LogP contribution in [0.2, 0.25) is 0 Å². The number of carbonyl (C=O) groups is 2. The molecule has 118 valence electrons. The molecule has 0 aliphatic rings. The van der Waals surface area contributed by atoms with E-state index in [1.54, 1.807) is 12.1 Å². The number of hydrogen-bond acceptors (Lipinski definition) is 2. The minimum absolute atomic E-state index is 0.198. The van der Waals surface area contributed by atoms with Crippen LogP contribution in [0, 0.1) is 6.92 Å². The summed E-state index contributed by atoms with van der Waals surface area (Å²) in [5.41, 5.74) is 2.71. The molecule has 23 heavy (non-hydrogen) atoms. The molecule has 0 saturated carbocycles. The number of hydrogen-bond donors (Lipinski definition) is 2. The molecule has 0 heterocycles. The average molecular weight is 373 g/mol. The fraction of sp³-hybridized carbons (Fsp3) is 0.111. The van der Waals surface area contributed by atoms with Gasteiger partial charge < -0.3 is 10.6 Å². The van der Waals surface area contributed by atoms with Gasteiger partial charge in [0.05, 0.1) is 0 Å². The largest absolute Gasteiger partial charge is 0.322 e. The Labute approximate surface area is 143 Å². The lowest BCUT2D eigenvalue weighted by molar-refractivity contribution is -0.120. The highest BCUT2D eigenvalue weighted by atomic mass is 79.9. The van der Waals surface area contributed by atoms with Gasteiger partial charge in [0.1, 0.15) is 5.70 Å². The van der Waals surface area contributed by atoms with Crippen LogP contribution in [-0.4, -0.2) is 11.8 Å². The quantitative estimate of drug-likeness (QED) is 0.800. The molecule has 0 fully saturated rings. The monoisotopic (exact) mass is 372 g/mol. The highest BCUT2D eigenvalue weighted by molar-refractivity contribution is 9.10. The van der Waals surface area contributed by atoms with Gasteiger partial charge in [-0.1, -0.05) is 46.3 Å². The zero-order valence-electron chi connectivity index (χ0n) is 12.9. The maximum absolute atomic E-state index is 12.4. The van der Waals surface area contributed by atoms with Crippen LogP contribution in [0.15, 0.2) is 58.7 Å². The zero-order chi connectivity index (χ0) is 16.8. The first-order chi connectivity index (χ1) is 11.0. The number of benzene rings is 2. The molecule has 0 aliphatic heterocycles. The van der Waals surface area contributed by atoms with Crippen molar-refractivity contribution in [3.8, 4) is 0 Å². The normalized spacial score (nSPS) is 11.0. The number of nitrogens with one attached hydrogen (secondary N) is 2. The number of anilines is 1. The Hall–Kier alpha value is -2.40. The first kappa shape index (κ1) is 17.0. The van der Waals surface area contributed by atoms with Gasteiger partial charge in [-0.2, -0.15) is 0 Å². The molecule has 2 aromatic rings. The van der Waals surface area contributed by atoms with E-state index in [-0.39, 0.29) is 17.5 Å². The van der Waals surface area contributed by atoms with Gasteiger partial charge in [-0.05, 0) is 42.3 Å². The van der Waals surface area contributed by atoms with E-state index in [1.807, 2.05) is 49.4 Å². The van der Waals surface area contributed by atoms with Crippen molar-refractivity contribution in [3.05, 3.63) is 69.8 Å². The van der Waals surface area contributed by atoms with E-state index in [4.69, 9.17) is 0 Å². The number of aryl methyl sites for hydroxylation is 1. The predicted molar refractivity (Wildman–Crippen MR) is 95.7 cm³/mol. The van der Waals surface area contributed by atoms with Crippen LogP contribution in [0.3, 0.4) is 0 Å². The van der Waals surface area contributed by atoms with Crippen LogP contribution >= 0.6 is 15.9 Å².